The number of ether oxygens (including phenoxy) is 1. The second-order valence-electron chi connectivity index (χ2n) is 8.35. The first-order valence-electron chi connectivity index (χ1n) is 9.62. The molecule has 3 aromatic carbocycles. The smallest absolute Gasteiger partial charge is 0.159 e. The van der Waals surface area contributed by atoms with Crippen LogP contribution in [-0.2, 0) is 6.61 Å². The number of rotatable bonds is 2. The van der Waals surface area contributed by atoms with Gasteiger partial charge in [-0.1, -0.05) is 67.3 Å². The maximum Gasteiger partial charge on any atom is 0.159 e. The van der Waals surface area contributed by atoms with Crippen molar-refractivity contribution in [3.05, 3.63) is 72.4 Å². The molecule has 0 atom stereocenters. The van der Waals surface area contributed by atoms with Crippen LogP contribution in [0.4, 0.5) is 0 Å². The van der Waals surface area contributed by atoms with Crippen molar-refractivity contribution in [1.29, 1.82) is 0 Å². The molecule has 0 saturated heterocycles. The van der Waals surface area contributed by atoms with Crippen LogP contribution in [0.5, 0.6) is 5.75 Å². The number of aromatic nitrogens is 2. The molecule has 4 aromatic rings. The lowest BCUT2D eigenvalue weighted by Gasteiger charge is -2.22. The first-order chi connectivity index (χ1) is 13.5. The highest BCUT2D eigenvalue weighted by Gasteiger charge is 2.23. The van der Waals surface area contributed by atoms with Crippen molar-refractivity contribution >= 4 is 24.0 Å². The summed E-state index contributed by atoms with van der Waals surface area (Å²) >= 11 is 0. The Morgan fingerprint density at radius 3 is 2.57 bits per heavy atom. The summed E-state index contributed by atoms with van der Waals surface area (Å²) in [7, 11) is -1.52. The van der Waals surface area contributed by atoms with Gasteiger partial charge in [-0.3, -0.25) is 0 Å². The number of hydrogen-bond acceptors (Lipinski definition) is 3. The van der Waals surface area contributed by atoms with E-state index >= 15 is 0 Å². The molecule has 1 aromatic heterocycles. The Labute approximate surface area is 166 Å². The number of hydrogen-bond donors (Lipinski definition) is 0. The molecule has 0 spiro atoms. The highest BCUT2D eigenvalue weighted by atomic mass is 28.3. The average molecular weight is 383 g/mol. The van der Waals surface area contributed by atoms with Gasteiger partial charge in [0.05, 0.1) is 13.8 Å². The van der Waals surface area contributed by atoms with E-state index in [9.17, 15) is 0 Å². The van der Waals surface area contributed by atoms with E-state index in [2.05, 4.69) is 67.1 Å². The van der Waals surface area contributed by atoms with Gasteiger partial charge in [0.2, 0.25) is 0 Å². The van der Waals surface area contributed by atoms with Crippen molar-refractivity contribution in [3.63, 3.8) is 0 Å². The number of para-hydroxylation sites is 1. The lowest BCUT2D eigenvalue weighted by molar-refractivity contribution is 0.301. The predicted molar refractivity (Wildman–Crippen MR) is 118 cm³/mol. The Morgan fingerprint density at radius 1 is 0.929 bits per heavy atom. The molecule has 1 aliphatic rings. The molecule has 0 bridgehead atoms. The molecule has 0 radical (unpaired) electrons. The summed E-state index contributed by atoms with van der Waals surface area (Å²) in [6.07, 6.45) is 1.91. The van der Waals surface area contributed by atoms with Crippen LogP contribution in [0.15, 0.2) is 66.9 Å². The minimum atomic E-state index is -1.52. The molecule has 0 amide bonds. The molecular formula is C24H22N2OSi. The minimum absolute atomic E-state index is 0.518. The van der Waals surface area contributed by atoms with Crippen LogP contribution in [0.25, 0.3) is 33.4 Å². The molecule has 0 N–H and O–H groups in total. The van der Waals surface area contributed by atoms with Crippen LogP contribution in [0.3, 0.4) is 0 Å². The fraction of sp³-hybridized carbons (Fsp3) is 0.167. The zero-order valence-corrected chi connectivity index (χ0v) is 17.4. The molecule has 0 aliphatic carbocycles. The van der Waals surface area contributed by atoms with Crippen LogP contribution in [0, 0.1) is 0 Å². The van der Waals surface area contributed by atoms with E-state index in [1.54, 1.807) is 0 Å². The van der Waals surface area contributed by atoms with Crippen LogP contribution in [-0.4, -0.2) is 18.0 Å². The number of benzene rings is 3. The molecular weight excluding hydrogens is 360 g/mol. The molecule has 4 heteroatoms. The Hall–Kier alpha value is -2.98. The predicted octanol–water partition coefficient (Wildman–Crippen LogP) is 5.40. The summed E-state index contributed by atoms with van der Waals surface area (Å²) in [5.74, 6) is 1.67. The molecule has 0 fully saturated rings. The molecule has 138 valence electrons. The molecule has 2 heterocycles. The summed E-state index contributed by atoms with van der Waals surface area (Å²) in [5.41, 5.74) is 4.14. The van der Waals surface area contributed by atoms with Crippen LogP contribution < -0.4 is 9.92 Å². The van der Waals surface area contributed by atoms with Crippen LogP contribution in [0.2, 0.25) is 19.6 Å². The maximum absolute atomic E-state index is 5.84. The lowest BCUT2D eigenvalue weighted by Crippen LogP contribution is -2.38. The summed E-state index contributed by atoms with van der Waals surface area (Å²) in [6.45, 7) is 7.68. The van der Waals surface area contributed by atoms with Gasteiger partial charge in [-0.05, 0) is 29.0 Å². The molecule has 0 unspecified atom stereocenters. The molecule has 1 aliphatic heterocycles. The monoisotopic (exact) mass is 382 g/mol. The van der Waals surface area contributed by atoms with Gasteiger partial charge in [0, 0.05) is 22.9 Å². The highest BCUT2D eigenvalue weighted by molar-refractivity contribution is 6.90. The minimum Gasteiger partial charge on any atom is -0.488 e. The Kier molecular flexibility index (Phi) is 3.84. The van der Waals surface area contributed by atoms with Crippen molar-refractivity contribution in [2.75, 3.05) is 0 Å². The normalized spacial score (nSPS) is 13.0. The van der Waals surface area contributed by atoms with Gasteiger partial charge >= 0.3 is 0 Å². The van der Waals surface area contributed by atoms with E-state index in [4.69, 9.17) is 9.72 Å². The van der Waals surface area contributed by atoms with E-state index < -0.39 is 8.07 Å². The lowest BCUT2D eigenvalue weighted by atomic mass is 10.0. The Bertz CT molecular complexity index is 1210. The first-order valence-corrected chi connectivity index (χ1v) is 13.1. The zero-order valence-electron chi connectivity index (χ0n) is 16.4. The Morgan fingerprint density at radius 2 is 1.71 bits per heavy atom. The van der Waals surface area contributed by atoms with Gasteiger partial charge in [0.25, 0.3) is 0 Å². The third-order valence-corrected chi connectivity index (χ3v) is 7.35. The van der Waals surface area contributed by atoms with Crippen LogP contribution >= 0.6 is 0 Å². The standard InChI is InChI=1S/C24H22N2OSi/c1-28(2,3)22-13-17(12-16-8-4-5-9-19(16)22)24-25-14-18-15-27-21-11-7-6-10-20(21)23(18)26-24/h4-14H,15H2,1-3H3. The maximum atomic E-state index is 5.84. The zero-order chi connectivity index (χ0) is 19.3. The van der Waals surface area contributed by atoms with E-state index in [1.807, 2.05) is 24.4 Å². The van der Waals surface area contributed by atoms with Gasteiger partial charge in [-0.2, -0.15) is 0 Å². The number of fused-ring (bicyclic) bond motifs is 4. The second-order valence-corrected chi connectivity index (χ2v) is 13.4. The number of nitrogens with zero attached hydrogens (tertiary/aromatic N) is 2. The van der Waals surface area contributed by atoms with E-state index in [1.165, 1.54) is 16.0 Å². The second kappa shape index (κ2) is 6.28. The summed E-state index contributed by atoms with van der Waals surface area (Å²) in [4.78, 5) is 9.67. The molecule has 28 heavy (non-hydrogen) atoms. The quantitative estimate of drug-likeness (QED) is 0.435. The third kappa shape index (κ3) is 2.81. The van der Waals surface area contributed by atoms with Gasteiger partial charge in [0.1, 0.15) is 12.4 Å². The Balaban J connectivity index is 1.72. The first kappa shape index (κ1) is 17.1. The average Bonchev–Trinajstić information content (AvgIpc) is 2.71. The fourth-order valence-corrected chi connectivity index (χ4v) is 5.51. The SMILES string of the molecule is C[Si](C)(C)c1cc(-c2ncc3c(n2)-c2ccccc2OC3)cc2ccccc12. The molecule has 0 saturated carbocycles. The largest absolute Gasteiger partial charge is 0.488 e. The van der Waals surface area contributed by atoms with E-state index in [0.717, 1.165) is 34.0 Å². The molecule has 3 nitrogen and oxygen atoms in total. The fourth-order valence-electron chi connectivity index (χ4n) is 3.89. The van der Waals surface area contributed by atoms with Crippen molar-refractivity contribution in [1.82, 2.24) is 9.97 Å². The van der Waals surface area contributed by atoms with Gasteiger partial charge < -0.3 is 4.74 Å². The van der Waals surface area contributed by atoms with Crippen molar-refractivity contribution in [3.8, 4) is 28.4 Å². The van der Waals surface area contributed by atoms with Crippen molar-refractivity contribution in [2.45, 2.75) is 26.2 Å². The molecule has 5 rings (SSSR count). The summed E-state index contributed by atoms with van der Waals surface area (Å²) < 4.78 is 5.84. The van der Waals surface area contributed by atoms with Gasteiger partial charge in [-0.15, -0.1) is 0 Å². The van der Waals surface area contributed by atoms with Crippen LogP contribution in [0.1, 0.15) is 5.56 Å². The highest BCUT2D eigenvalue weighted by Crippen LogP contribution is 2.36. The van der Waals surface area contributed by atoms with Crippen molar-refractivity contribution < 1.29 is 4.74 Å². The third-order valence-electron chi connectivity index (χ3n) is 5.32. The van der Waals surface area contributed by atoms with E-state index in [0.29, 0.717) is 6.61 Å². The van der Waals surface area contributed by atoms with E-state index in [-0.39, 0.29) is 0 Å². The summed E-state index contributed by atoms with van der Waals surface area (Å²) in [5, 5.41) is 4.05. The van der Waals surface area contributed by atoms with Gasteiger partial charge in [-0.25, -0.2) is 9.97 Å². The van der Waals surface area contributed by atoms with Gasteiger partial charge in [0.15, 0.2) is 5.82 Å². The summed E-state index contributed by atoms with van der Waals surface area (Å²) in [6, 6.07) is 21.2. The van der Waals surface area contributed by atoms with Crippen molar-refractivity contribution in [2.24, 2.45) is 0 Å². The topological polar surface area (TPSA) is 35.0 Å².